The Bertz CT molecular complexity index is 262. The normalized spacial score (nSPS) is 28.8. The van der Waals surface area contributed by atoms with Gasteiger partial charge in [-0.25, -0.2) is 0 Å². The Kier molecular flexibility index (Phi) is 7.06. The molecule has 0 amide bonds. The van der Waals surface area contributed by atoms with Crippen molar-refractivity contribution in [3.05, 3.63) is 0 Å². The highest BCUT2D eigenvalue weighted by molar-refractivity contribution is 5.56. The molecule has 2 heteroatoms. The fraction of sp³-hybridized carbons (Fsp3) is 0.941. The quantitative estimate of drug-likeness (QED) is 0.451. The maximum atomic E-state index is 11.5. The topological polar surface area (TPSA) is 26.3 Å². The number of hydrogen-bond donors (Lipinski definition) is 0. The molecule has 0 N–H and O–H groups in total. The lowest BCUT2D eigenvalue weighted by molar-refractivity contribution is -0.129. The number of ether oxygens (including phenoxy) is 1. The molecule has 112 valence electrons. The van der Waals surface area contributed by atoms with Crippen molar-refractivity contribution < 1.29 is 9.53 Å². The van der Waals surface area contributed by atoms with Crippen molar-refractivity contribution in [3.63, 3.8) is 0 Å². The van der Waals surface area contributed by atoms with Gasteiger partial charge in [-0.2, -0.15) is 0 Å². The van der Waals surface area contributed by atoms with Crippen LogP contribution in [0.3, 0.4) is 0 Å². The third kappa shape index (κ3) is 4.30. The first-order valence-corrected chi connectivity index (χ1v) is 8.07. The van der Waals surface area contributed by atoms with E-state index >= 15 is 0 Å². The van der Waals surface area contributed by atoms with E-state index in [9.17, 15) is 4.79 Å². The summed E-state index contributed by atoms with van der Waals surface area (Å²) < 4.78 is 5.83. The van der Waals surface area contributed by atoms with Crippen molar-refractivity contribution in [1.29, 1.82) is 0 Å². The van der Waals surface area contributed by atoms with Gasteiger partial charge in [-0.3, -0.25) is 0 Å². The molecule has 0 aliphatic heterocycles. The predicted octanol–water partition coefficient (Wildman–Crippen LogP) is 4.61. The van der Waals surface area contributed by atoms with Crippen molar-refractivity contribution in [2.75, 3.05) is 7.11 Å². The Hall–Kier alpha value is -0.370. The van der Waals surface area contributed by atoms with Gasteiger partial charge >= 0.3 is 0 Å². The minimum Gasteiger partial charge on any atom is -0.377 e. The molecule has 1 aliphatic rings. The highest BCUT2D eigenvalue weighted by Crippen LogP contribution is 2.44. The number of rotatable bonds is 9. The molecule has 2 nitrogen and oxygen atoms in total. The summed E-state index contributed by atoms with van der Waals surface area (Å²) in [6, 6.07) is 0. The van der Waals surface area contributed by atoms with Crippen LogP contribution in [-0.2, 0) is 9.53 Å². The van der Waals surface area contributed by atoms with E-state index in [0.29, 0.717) is 5.92 Å². The van der Waals surface area contributed by atoms with Gasteiger partial charge in [0.05, 0.1) is 5.60 Å². The summed E-state index contributed by atoms with van der Waals surface area (Å²) >= 11 is 0. The second-order valence-corrected chi connectivity index (χ2v) is 6.73. The lowest BCUT2D eigenvalue weighted by Crippen LogP contribution is -2.43. The molecule has 0 saturated heterocycles. The van der Waals surface area contributed by atoms with Crippen molar-refractivity contribution in [2.45, 2.75) is 77.7 Å². The molecule has 0 radical (unpaired) electrons. The molecule has 0 heterocycles. The van der Waals surface area contributed by atoms with E-state index < -0.39 is 0 Å². The summed E-state index contributed by atoms with van der Waals surface area (Å²) in [4.78, 5) is 11.5. The van der Waals surface area contributed by atoms with Crippen molar-refractivity contribution in [3.8, 4) is 0 Å². The molecule has 0 bridgehead atoms. The van der Waals surface area contributed by atoms with Gasteiger partial charge < -0.3 is 9.53 Å². The predicted molar refractivity (Wildman–Crippen MR) is 80.2 cm³/mol. The second-order valence-electron chi connectivity index (χ2n) is 6.73. The van der Waals surface area contributed by atoms with Gasteiger partial charge in [-0.15, -0.1) is 0 Å². The van der Waals surface area contributed by atoms with Gasteiger partial charge in [0.2, 0.25) is 0 Å². The van der Waals surface area contributed by atoms with Crippen molar-refractivity contribution in [2.24, 2.45) is 17.8 Å². The molecule has 19 heavy (non-hydrogen) atoms. The third-order valence-electron chi connectivity index (χ3n) is 5.01. The molecule has 0 aromatic rings. The molecule has 0 aromatic carbocycles. The summed E-state index contributed by atoms with van der Waals surface area (Å²) in [6.07, 6.45) is 10.6. The monoisotopic (exact) mass is 268 g/mol. The van der Waals surface area contributed by atoms with Gasteiger partial charge in [-0.1, -0.05) is 52.9 Å². The summed E-state index contributed by atoms with van der Waals surface area (Å²) in [7, 11) is 1.79. The van der Waals surface area contributed by atoms with Crippen LogP contribution in [0.2, 0.25) is 0 Å². The summed E-state index contributed by atoms with van der Waals surface area (Å²) in [5.74, 6) is 1.40. The van der Waals surface area contributed by atoms with Crippen LogP contribution in [0.25, 0.3) is 0 Å². The van der Waals surface area contributed by atoms with Crippen LogP contribution >= 0.6 is 0 Å². The molecule has 1 aliphatic carbocycles. The number of carbonyl (C=O) groups is 1. The molecule has 0 spiro atoms. The lowest BCUT2D eigenvalue weighted by atomic mass is 9.77. The molecule has 1 fully saturated rings. The van der Waals surface area contributed by atoms with Crippen molar-refractivity contribution in [1.82, 2.24) is 0 Å². The number of unbranched alkanes of at least 4 members (excludes halogenated alkanes) is 2. The molecule has 1 rings (SSSR count). The van der Waals surface area contributed by atoms with Crippen LogP contribution in [0.4, 0.5) is 0 Å². The van der Waals surface area contributed by atoms with E-state index in [-0.39, 0.29) is 11.5 Å². The average Bonchev–Trinajstić information content (AvgIpc) is 2.75. The summed E-state index contributed by atoms with van der Waals surface area (Å²) in [5.41, 5.74) is -0.167. The standard InChI is InChI=1S/C17H32O2/c1-14(2)9-6-5-7-11-16(13-18)17(19-4)12-8-10-15(17)3/h13-16H,5-12H2,1-4H3. The minimum atomic E-state index is -0.167. The molecule has 3 atom stereocenters. The van der Waals surface area contributed by atoms with E-state index in [1.165, 1.54) is 32.1 Å². The van der Waals surface area contributed by atoms with Gasteiger partial charge in [0, 0.05) is 13.0 Å². The van der Waals surface area contributed by atoms with E-state index in [2.05, 4.69) is 20.8 Å². The SMILES string of the molecule is COC1(C(C=O)CCCCCC(C)C)CCCC1C. The van der Waals surface area contributed by atoms with Crippen LogP contribution in [0.15, 0.2) is 0 Å². The Morgan fingerprint density at radius 2 is 1.95 bits per heavy atom. The zero-order valence-electron chi connectivity index (χ0n) is 13.3. The van der Waals surface area contributed by atoms with E-state index in [1.54, 1.807) is 7.11 Å². The van der Waals surface area contributed by atoms with Crippen LogP contribution in [0, 0.1) is 17.8 Å². The lowest BCUT2D eigenvalue weighted by Gasteiger charge is -2.37. The van der Waals surface area contributed by atoms with Crippen LogP contribution < -0.4 is 0 Å². The Labute approximate surface area is 119 Å². The minimum absolute atomic E-state index is 0.0917. The Morgan fingerprint density at radius 1 is 1.26 bits per heavy atom. The smallest absolute Gasteiger partial charge is 0.125 e. The maximum absolute atomic E-state index is 11.5. The number of aldehydes is 1. The molecular weight excluding hydrogens is 236 g/mol. The van der Waals surface area contributed by atoms with Crippen LogP contribution in [-0.4, -0.2) is 19.0 Å². The van der Waals surface area contributed by atoms with Gasteiger partial charge in [0.1, 0.15) is 6.29 Å². The Morgan fingerprint density at radius 3 is 2.42 bits per heavy atom. The molecule has 1 saturated carbocycles. The van der Waals surface area contributed by atoms with Gasteiger partial charge in [0.25, 0.3) is 0 Å². The van der Waals surface area contributed by atoms with E-state index in [1.807, 2.05) is 0 Å². The molecule has 0 aromatic heterocycles. The Balaban J connectivity index is 2.42. The molecular formula is C17H32O2. The van der Waals surface area contributed by atoms with E-state index in [0.717, 1.165) is 31.5 Å². The number of hydrogen-bond acceptors (Lipinski definition) is 2. The fourth-order valence-electron chi connectivity index (χ4n) is 3.70. The first-order valence-electron chi connectivity index (χ1n) is 8.07. The first-order chi connectivity index (χ1) is 9.06. The second kappa shape index (κ2) is 8.04. The van der Waals surface area contributed by atoms with Crippen LogP contribution in [0.1, 0.15) is 72.1 Å². The highest BCUT2D eigenvalue weighted by atomic mass is 16.5. The summed E-state index contributed by atoms with van der Waals surface area (Å²) in [5, 5.41) is 0. The largest absolute Gasteiger partial charge is 0.377 e. The zero-order chi connectivity index (χ0) is 14.3. The fourth-order valence-corrected chi connectivity index (χ4v) is 3.70. The molecule has 3 unspecified atom stereocenters. The van der Waals surface area contributed by atoms with Crippen molar-refractivity contribution >= 4 is 6.29 Å². The number of methoxy groups -OCH3 is 1. The van der Waals surface area contributed by atoms with E-state index in [4.69, 9.17) is 4.74 Å². The number of carbonyl (C=O) groups excluding carboxylic acids is 1. The first kappa shape index (κ1) is 16.7. The third-order valence-corrected chi connectivity index (χ3v) is 5.01. The zero-order valence-corrected chi connectivity index (χ0v) is 13.3. The van der Waals surface area contributed by atoms with Gasteiger partial charge in [0.15, 0.2) is 0 Å². The van der Waals surface area contributed by atoms with Gasteiger partial charge in [-0.05, 0) is 31.1 Å². The summed E-state index contributed by atoms with van der Waals surface area (Å²) in [6.45, 7) is 6.79. The maximum Gasteiger partial charge on any atom is 0.125 e. The average molecular weight is 268 g/mol. The highest BCUT2D eigenvalue weighted by Gasteiger charge is 2.46. The van der Waals surface area contributed by atoms with Crippen LogP contribution in [0.5, 0.6) is 0 Å².